The van der Waals surface area contributed by atoms with Crippen molar-refractivity contribution in [3.63, 3.8) is 0 Å². The largest absolute Gasteiger partial charge is 0.383 e. The number of anilines is 3. The molecule has 2 N–H and O–H groups in total. The summed E-state index contributed by atoms with van der Waals surface area (Å²) in [5, 5.41) is 4.48. The van der Waals surface area contributed by atoms with Gasteiger partial charge in [-0.25, -0.2) is 4.98 Å². The molecular weight excluding hydrogens is 290 g/mol. The van der Waals surface area contributed by atoms with Crippen LogP contribution in [0.5, 0.6) is 0 Å². The molecule has 1 aliphatic carbocycles. The maximum Gasteiger partial charge on any atom is 0.185 e. The van der Waals surface area contributed by atoms with Crippen LogP contribution in [0.2, 0.25) is 0 Å². The molecule has 20 heavy (non-hydrogen) atoms. The van der Waals surface area contributed by atoms with Crippen LogP contribution in [0.25, 0.3) is 0 Å². The molecule has 0 bridgehead atoms. The molecule has 2 aromatic rings. The average Bonchev–Trinajstić information content (AvgIpc) is 3.02. The molecule has 2 fully saturated rings. The van der Waals surface area contributed by atoms with Gasteiger partial charge in [-0.2, -0.15) is 4.37 Å². The Kier molecular flexibility index (Phi) is 3.03. The molecule has 4 rings (SSSR count). The highest BCUT2D eigenvalue weighted by atomic mass is 32.1. The maximum atomic E-state index is 6.05. The molecule has 0 aromatic carbocycles. The summed E-state index contributed by atoms with van der Waals surface area (Å²) >= 11 is 3.28. The van der Waals surface area contributed by atoms with Crippen LogP contribution in [0.15, 0.2) is 11.6 Å². The van der Waals surface area contributed by atoms with Crippen LogP contribution in [0.1, 0.15) is 24.3 Å². The number of nitrogens with two attached hydrogens (primary N) is 1. The molecule has 106 valence electrons. The van der Waals surface area contributed by atoms with Gasteiger partial charge < -0.3 is 15.5 Å². The van der Waals surface area contributed by atoms with Crippen LogP contribution in [0.4, 0.5) is 16.0 Å². The van der Waals surface area contributed by atoms with Crippen molar-refractivity contribution in [2.24, 2.45) is 0 Å². The molecule has 3 heterocycles. The normalized spacial score (nSPS) is 19.6. The maximum absolute atomic E-state index is 6.05. The highest BCUT2D eigenvalue weighted by Crippen LogP contribution is 2.48. The van der Waals surface area contributed by atoms with Gasteiger partial charge in [0.2, 0.25) is 0 Å². The lowest BCUT2D eigenvalue weighted by molar-refractivity contribution is 0.654. The Bertz CT molecular complexity index is 582. The molecule has 5 nitrogen and oxygen atoms in total. The fourth-order valence-electron chi connectivity index (χ4n) is 2.76. The molecule has 1 aliphatic heterocycles. The number of hydrogen-bond acceptors (Lipinski definition) is 7. The Morgan fingerprint density at radius 2 is 1.90 bits per heavy atom. The number of piperazine rings is 1. The van der Waals surface area contributed by atoms with Crippen molar-refractivity contribution >= 4 is 38.8 Å². The molecule has 0 amide bonds. The highest BCUT2D eigenvalue weighted by molar-refractivity contribution is 7.13. The van der Waals surface area contributed by atoms with Crippen LogP contribution in [0.3, 0.4) is 0 Å². The van der Waals surface area contributed by atoms with E-state index < -0.39 is 0 Å². The van der Waals surface area contributed by atoms with Crippen molar-refractivity contribution < 1.29 is 0 Å². The Hall–Kier alpha value is -1.34. The monoisotopic (exact) mass is 307 g/mol. The first-order valence-electron chi connectivity index (χ1n) is 6.97. The van der Waals surface area contributed by atoms with Gasteiger partial charge in [0.05, 0.1) is 0 Å². The lowest BCUT2D eigenvalue weighted by Crippen LogP contribution is -2.46. The number of thiazole rings is 1. The van der Waals surface area contributed by atoms with Gasteiger partial charge in [-0.1, -0.05) is 0 Å². The second kappa shape index (κ2) is 4.89. The van der Waals surface area contributed by atoms with Gasteiger partial charge in [-0.05, 0) is 30.3 Å². The first-order chi connectivity index (χ1) is 9.83. The smallest absolute Gasteiger partial charge is 0.185 e. The standard InChI is InChI=1S/C13H17N5S2/c14-11-10(9-1-2-9)12(20-16-11)17-4-6-18(7-5-17)13-15-3-8-19-13/h3,8-9H,1-2,4-7H2,(H2,14,16). The fraction of sp³-hybridized carbons (Fsp3) is 0.538. The van der Waals surface area contributed by atoms with Crippen molar-refractivity contribution in [1.29, 1.82) is 0 Å². The second-order valence-electron chi connectivity index (χ2n) is 5.35. The quantitative estimate of drug-likeness (QED) is 0.943. The minimum atomic E-state index is 0.667. The molecule has 2 aromatic heterocycles. The van der Waals surface area contributed by atoms with E-state index in [-0.39, 0.29) is 0 Å². The Morgan fingerprint density at radius 1 is 1.15 bits per heavy atom. The van der Waals surface area contributed by atoms with Crippen LogP contribution in [-0.4, -0.2) is 35.5 Å². The summed E-state index contributed by atoms with van der Waals surface area (Å²) in [6, 6.07) is 0. The lowest BCUT2D eigenvalue weighted by atomic mass is 10.2. The van der Waals surface area contributed by atoms with Crippen molar-refractivity contribution in [3.8, 4) is 0 Å². The molecule has 0 atom stereocenters. The zero-order valence-electron chi connectivity index (χ0n) is 11.2. The Morgan fingerprint density at radius 3 is 2.55 bits per heavy atom. The molecule has 1 saturated heterocycles. The molecular formula is C13H17N5S2. The predicted molar refractivity (Wildman–Crippen MR) is 85.0 cm³/mol. The van der Waals surface area contributed by atoms with Crippen molar-refractivity contribution in [2.75, 3.05) is 41.7 Å². The summed E-state index contributed by atoms with van der Waals surface area (Å²) in [5.74, 6) is 1.43. The van der Waals surface area contributed by atoms with Crippen molar-refractivity contribution in [1.82, 2.24) is 9.36 Å². The van der Waals surface area contributed by atoms with Gasteiger partial charge in [0.1, 0.15) is 10.8 Å². The van der Waals surface area contributed by atoms with Crippen molar-refractivity contribution in [3.05, 3.63) is 17.1 Å². The summed E-state index contributed by atoms with van der Waals surface area (Å²) in [6.07, 6.45) is 4.42. The van der Waals surface area contributed by atoms with Gasteiger partial charge in [-0.3, -0.25) is 0 Å². The number of hydrogen-bond donors (Lipinski definition) is 1. The first kappa shape index (κ1) is 12.4. The van der Waals surface area contributed by atoms with Gasteiger partial charge in [-0.15, -0.1) is 11.3 Å². The minimum absolute atomic E-state index is 0.667. The summed E-state index contributed by atoms with van der Waals surface area (Å²) in [5.41, 5.74) is 7.36. The van der Waals surface area contributed by atoms with E-state index in [0.29, 0.717) is 5.92 Å². The van der Waals surface area contributed by atoms with Crippen LogP contribution >= 0.6 is 22.9 Å². The minimum Gasteiger partial charge on any atom is -0.383 e. The van der Waals surface area contributed by atoms with E-state index in [1.165, 1.54) is 23.4 Å². The van der Waals surface area contributed by atoms with Gasteiger partial charge in [0, 0.05) is 43.3 Å². The third kappa shape index (κ3) is 2.14. The molecule has 0 unspecified atom stereocenters. The zero-order chi connectivity index (χ0) is 13.5. The topological polar surface area (TPSA) is 58.3 Å². The van der Waals surface area contributed by atoms with E-state index in [2.05, 4.69) is 19.2 Å². The third-order valence-corrected chi connectivity index (χ3v) is 5.75. The van der Waals surface area contributed by atoms with Crippen LogP contribution in [0, 0.1) is 0 Å². The number of rotatable bonds is 3. The van der Waals surface area contributed by atoms with E-state index in [1.54, 1.807) is 22.9 Å². The fourth-order valence-corrected chi connectivity index (χ4v) is 4.40. The molecule has 1 saturated carbocycles. The van der Waals surface area contributed by atoms with Gasteiger partial charge >= 0.3 is 0 Å². The third-order valence-electron chi connectivity index (χ3n) is 3.98. The molecule has 0 spiro atoms. The predicted octanol–water partition coefficient (Wildman–Crippen LogP) is 2.39. The van der Waals surface area contributed by atoms with Gasteiger partial charge in [0.15, 0.2) is 5.13 Å². The summed E-state index contributed by atoms with van der Waals surface area (Å²) in [6.45, 7) is 4.10. The van der Waals surface area contributed by atoms with Crippen LogP contribution in [-0.2, 0) is 0 Å². The summed E-state index contributed by atoms with van der Waals surface area (Å²) < 4.78 is 4.38. The Balaban J connectivity index is 1.49. The lowest BCUT2D eigenvalue weighted by Gasteiger charge is -2.35. The highest BCUT2D eigenvalue weighted by Gasteiger charge is 2.33. The average molecular weight is 307 g/mol. The van der Waals surface area contributed by atoms with E-state index in [9.17, 15) is 0 Å². The Labute approximate surface area is 126 Å². The number of nitrogen functional groups attached to an aromatic ring is 1. The summed E-state index contributed by atoms with van der Waals surface area (Å²) in [4.78, 5) is 9.21. The van der Waals surface area contributed by atoms with E-state index >= 15 is 0 Å². The first-order valence-corrected chi connectivity index (χ1v) is 8.62. The number of aromatic nitrogens is 2. The van der Waals surface area contributed by atoms with Crippen LogP contribution < -0.4 is 15.5 Å². The van der Waals surface area contributed by atoms with E-state index in [0.717, 1.165) is 37.1 Å². The second-order valence-corrected chi connectivity index (χ2v) is 6.97. The SMILES string of the molecule is Nc1nsc(N2CCN(c3nccs3)CC2)c1C1CC1. The van der Waals surface area contributed by atoms with E-state index in [1.807, 2.05) is 11.6 Å². The van der Waals surface area contributed by atoms with E-state index in [4.69, 9.17) is 5.73 Å². The van der Waals surface area contributed by atoms with Crippen molar-refractivity contribution in [2.45, 2.75) is 18.8 Å². The zero-order valence-corrected chi connectivity index (χ0v) is 12.8. The molecule has 7 heteroatoms. The summed E-state index contributed by atoms with van der Waals surface area (Å²) in [7, 11) is 0. The molecule has 2 aliphatic rings. The number of nitrogens with zero attached hydrogens (tertiary/aromatic N) is 4. The van der Waals surface area contributed by atoms with Gasteiger partial charge in [0.25, 0.3) is 0 Å². The molecule has 0 radical (unpaired) electrons.